The van der Waals surface area contributed by atoms with Crippen molar-refractivity contribution < 1.29 is 24.5 Å². The van der Waals surface area contributed by atoms with Crippen molar-refractivity contribution in [3.63, 3.8) is 0 Å². The minimum Gasteiger partial charge on any atom is -0.458 e. The second-order valence-corrected chi connectivity index (χ2v) is 9.47. The van der Waals surface area contributed by atoms with Gasteiger partial charge in [0.1, 0.15) is 24.3 Å². The zero-order valence-electron chi connectivity index (χ0n) is 20.5. The molecule has 5 rings (SSSR count). The van der Waals surface area contributed by atoms with Crippen LogP contribution in [0.2, 0.25) is 0 Å². The molecule has 13 heteroatoms. The highest BCUT2D eigenvalue weighted by atomic mass is 16.6. The van der Waals surface area contributed by atoms with E-state index in [9.17, 15) is 19.8 Å². The molecule has 0 aliphatic carbocycles. The molecule has 2 aliphatic rings. The zero-order chi connectivity index (χ0) is 25.9. The molecule has 3 atom stereocenters. The van der Waals surface area contributed by atoms with E-state index in [4.69, 9.17) is 4.74 Å². The van der Waals surface area contributed by atoms with Crippen molar-refractivity contribution in [2.45, 2.75) is 57.2 Å². The molecule has 13 nitrogen and oxygen atoms in total. The van der Waals surface area contributed by atoms with Crippen molar-refractivity contribution in [2.75, 3.05) is 25.0 Å². The lowest BCUT2D eigenvalue weighted by Crippen LogP contribution is -2.44. The van der Waals surface area contributed by atoms with Gasteiger partial charge in [-0.25, -0.2) is 4.98 Å². The molecule has 1 aromatic carbocycles. The predicted molar refractivity (Wildman–Crippen MR) is 135 cm³/mol. The average molecular weight is 513 g/mol. The Morgan fingerprint density at radius 1 is 1.24 bits per heavy atom. The fourth-order valence-electron chi connectivity index (χ4n) is 4.69. The van der Waals surface area contributed by atoms with Crippen LogP contribution in [-0.2, 0) is 9.53 Å². The van der Waals surface area contributed by atoms with E-state index < -0.39 is 18.6 Å². The number of cyclic esters (lactones) is 1. The minimum atomic E-state index is -1.06. The predicted octanol–water partition coefficient (Wildman–Crippen LogP) is 0.0871. The van der Waals surface area contributed by atoms with Crippen LogP contribution < -0.4 is 21.3 Å². The molecule has 2 unspecified atom stereocenters. The number of amides is 1. The first kappa shape index (κ1) is 25.1. The summed E-state index contributed by atoms with van der Waals surface area (Å²) in [5, 5.41) is 39.8. The largest absolute Gasteiger partial charge is 0.458 e. The van der Waals surface area contributed by atoms with Gasteiger partial charge in [0.2, 0.25) is 0 Å². The Kier molecular flexibility index (Phi) is 7.37. The van der Waals surface area contributed by atoms with Crippen molar-refractivity contribution >= 4 is 28.6 Å². The van der Waals surface area contributed by atoms with Gasteiger partial charge in [-0.3, -0.25) is 20.0 Å². The second-order valence-electron chi connectivity index (χ2n) is 9.47. The van der Waals surface area contributed by atoms with Crippen molar-refractivity contribution in [1.29, 1.82) is 0 Å². The van der Waals surface area contributed by atoms with Gasteiger partial charge in [-0.1, -0.05) is 0 Å². The lowest BCUT2D eigenvalue weighted by Gasteiger charge is -2.23. The number of hydrogen-bond acceptors (Lipinski definition) is 10. The summed E-state index contributed by atoms with van der Waals surface area (Å²) in [5.41, 5.74) is 3.57. The summed E-state index contributed by atoms with van der Waals surface area (Å²) in [6, 6.07) is 5.47. The number of aromatic nitrogens is 4. The van der Waals surface area contributed by atoms with E-state index >= 15 is 0 Å². The number of aromatic amines is 2. The van der Waals surface area contributed by atoms with E-state index in [1.54, 1.807) is 18.2 Å². The van der Waals surface area contributed by atoms with Crippen molar-refractivity contribution in [2.24, 2.45) is 0 Å². The van der Waals surface area contributed by atoms with Crippen LogP contribution in [0.25, 0.3) is 22.6 Å². The van der Waals surface area contributed by atoms with Gasteiger partial charge >= 0.3 is 5.97 Å². The number of aliphatic hydroxyl groups is 2. The van der Waals surface area contributed by atoms with Crippen LogP contribution in [0.4, 0.5) is 5.69 Å². The third-order valence-corrected chi connectivity index (χ3v) is 6.68. The van der Waals surface area contributed by atoms with Gasteiger partial charge in [0.05, 0.1) is 16.6 Å². The van der Waals surface area contributed by atoms with Gasteiger partial charge in [0.25, 0.3) is 5.91 Å². The van der Waals surface area contributed by atoms with E-state index in [1.807, 2.05) is 6.92 Å². The molecule has 4 heterocycles. The third kappa shape index (κ3) is 5.74. The lowest BCUT2D eigenvalue weighted by molar-refractivity contribution is -0.146. The van der Waals surface area contributed by atoms with E-state index in [2.05, 4.69) is 41.4 Å². The SMILES string of the molecule is Cc1[nH]nc(-c2nc3ccc(NC(O)CNC(O)[C@@H]4CCC(=O)O4)cc3[nH]2)c1C(=O)NC1CCNCC1. The molecular formula is C24H32N8O5. The number of carbonyl (C=O) groups is 2. The maximum atomic E-state index is 13.1. The Morgan fingerprint density at radius 2 is 2.05 bits per heavy atom. The number of ether oxygens (including phenoxy) is 1. The number of imidazole rings is 1. The number of aryl methyl sites for hydroxylation is 1. The summed E-state index contributed by atoms with van der Waals surface area (Å²) in [4.78, 5) is 32.1. The molecule has 2 aromatic heterocycles. The molecule has 0 spiro atoms. The summed E-state index contributed by atoms with van der Waals surface area (Å²) >= 11 is 0. The van der Waals surface area contributed by atoms with Gasteiger partial charge in [0.15, 0.2) is 5.82 Å². The first-order valence-corrected chi connectivity index (χ1v) is 12.5. The highest BCUT2D eigenvalue weighted by molar-refractivity contribution is 6.01. The van der Waals surface area contributed by atoms with E-state index in [1.165, 1.54) is 0 Å². The Hall–Kier alpha value is -3.52. The van der Waals surface area contributed by atoms with Crippen molar-refractivity contribution in [3.8, 4) is 11.5 Å². The molecule has 2 fully saturated rings. The van der Waals surface area contributed by atoms with Crippen LogP contribution in [0.1, 0.15) is 41.7 Å². The summed E-state index contributed by atoms with van der Waals surface area (Å²) in [6.07, 6.45) is -0.202. The second kappa shape index (κ2) is 10.8. The van der Waals surface area contributed by atoms with E-state index in [-0.39, 0.29) is 30.9 Å². The van der Waals surface area contributed by atoms with E-state index in [0.29, 0.717) is 45.9 Å². The maximum absolute atomic E-state index is 13.1. The first-order valence-electron chi connectivity index (χ1n) is 12.5. The number of H-pyrrole nitrogens is 2. The van der Waals surface area contributed by atoms with E-state index in [0.717, 1.165) is 25.9 Å². The van der Waals surface area contributed by atoms with Crippen LogP contribution >= 0.6 is 0 Å². The Balaban J connectivity index is 1.24. The highest BCUT2D eigenvalue weighted by Gasteiger charge is 2.30. The molecular weight excluding hydrogens is 480 g/mol. The van der Waals surface area contributed by atoms with Crippen LogP contribution in [0.15, 0.2) is 18.2 Å². The monoisotopic (exact) mass is 512 g/mol. The Bertz CT molecular complexity index is 1270. The molecule has 0 saturated carbocycles. The highest BCUT2D eigenvalue weighted by Crippen LogP contribution is 2.26. The molecule has 2 aliphatic heterocycles. The van der Waals surface area contributed by atoms with Crippen LogP contribution in [-0.4, -0.2) is 86.5 Å². The van der Waals surface area contributed by atoms with Crippen LogP contribution in [0, 0.1) is 6.92 Å². The quantitative estimate of drug-likeness (QED) is 0.144. The first-order chi connectivity index (χ1) is 17.9. The number of hydrogen-bond donors (Lipinski definition) is 8. The number of aliphatic hydroxyl groups excluding tert-OH is 2. The maximum Gasteiger partial charge on any atom is 0.306 e. The van der Waals surface area contributed by atoms with Gasteiger partial charge in [-0.05, 0) is 57.5 Å². The standard InChI is InChI=1S/C24H32N8O5/c1-12-20(24(36)28-13-6-8-25-9-7-13)21(32-31-12)22-29-15-3-2-14(10-16(15)30-22)27-18(33)11-26-23(35)17-4-5-19(34)37-17/h2-3,10,13,17-18,23,25-27,33,35H,4-9,11H2,1H3,(H,28,36)(H,29,30)(H,31,32)/t17-,18?,23?/m0/s1. The Morgan fingerprint density at radius 3 is 2.81 bits per heavy atom. The number of nitrogens with zero attached hydrogens (tertiary/aromatic N) is 2. The topological polar surface area (TPSA) is 189 Å². The fraction of sp³-hybridized carbons (Fsp3) is 0.500. The summed E-state index contributed by atoms with van der Waals surface area (Å²) in [5.74, 6) is -0.0548. The molecule has 2 saturated heterocycles. The number of anilines is 1. The van der Waals surface area contributed by atoms with Gasteiger partial charge in [-0.15, -0.1) is 0 Å². The third-order valence-electron chi connectivity index (χ3n) is 6.68. The summed E-state index contributed by atoms with van der Waals surface area (Å²) in [6.45, 7) is 3.60. The molecule has 0 radical (unpaired) electrons. The fourth-order valence-corrected chi connectivity index (χ4v) is 4.69. The Labute approximate surface area is 212 Å². The molecule has 0 bridgehead atoms. The molecule has 8 N–H and O–H groups in total. The van der Waals surface area contributed by atoms with Crippen LogP contribution in [0.3, 0.4) is 0 Å². The minimum absolute atomic E-state index is 0.0313. The molecule has 37 heavy (non-hydrogen) atoms. The number of benzene rings is 1. The van der Waals surface area contributed by atoms with Gasteiger partial charge in [0, 0.05) is 30.4 Å². The zero-order valence-corrected chi connectivity index (χ0v) is 20.5. The van der Waals surface area contributed by atoms with Gasteiger partial charge < -0.3 is 35.9 Å². The molecule has 3 aromatic rings. The number of fused-ring (bicyclic) bond motifs is 1. The summed E-state index contributed by atoms with van der Waals surface area (Å²) < 4.78 is 5.02. The average Bonchev–Trinajstić information content (AvgIpc) is 3.60. The molecule has 198 valence electrons. The number of nitrogens with one attached hydrogen (secondary N) is 6. The normalized spacial score (nSPS) is 20.1. The lowest BCUT2D eigenvalue weighted by atomic mass is 10.1. The van der Waals surface area contributed by atoms with Crippen molar-refractivity contribution in [3.05, 3.63) is 29.5 Å². The number of esters is 1. The van der Waals surface area contributed by atoms with Crippen molar-refractivity contribution in [1.82, 2.24) is 36.1 Å². The number of rotatable bonds is 9. The molecule has 1 amide bonds. The smallest absolute Gasteiger partial charge is 0.306 e. The number of carbonyl (C=O) groups excluding carboxylic acids is 2. The summed E-state index contributed by atoms with van der Waals surface area (Å²) in [7, 11) is 0. The van der Waals surface area contributed by atoms with Crippen LogP contribution in [0.5, 0.6) is 0 Å². The number of piperidine rings is 1. The van der Waals surface area contributed by atoms with Gasteiger partial charge in [-0.2, -0.15) is 5.10 Å².